The minimum atomic E-state index is 0.486. The zero-order valence-corrected chi connectivity index (χ0v) is 14.0. The van der Waals surface area contributed by atoms with Crippen molar-refractivity contribution in [3.63, 3.8) is 0 Å². The largest absolute Gasteiger partial charge is 0.357 e. The quantitative estimate of drug-likeness (QED) is 0.516. The summed E-state index contributed by atoms with van der Waals surface area (Å²) in [6, 6.07) is 6.00. The van der Waals surface area contributed by atoms with Crippen LogP contribution in [-0.2, 0) is 20.0 Å². The van der Waals surface area contributed by atoms with E-state index in [1.54, 1.807) is 4.68 Å². The van der Waals surface area contributed by atoms with Crippen LogP contribution < -0.4 is 10.6 Å². The molecular formula is C16H22N8. The van der Waals surface area contributed by atoms with Crippen LogP contribution in [0.1, 0.15) is 18.4 Å². The Labute approximate surface area is 140 Å². The Morgan fingerprint density at radius 3 is 2.96 bits per heavy atom. The number of aliphatic imine (C=N–C) groups is 1. The maximum absolute atomic E-state index is 4.59. The number of aromatic nitrogens is 5. The minimum absolute atomic E-state index is 0.486. The van der Waals surface area contributed by atoms with Crippen LogP contribution in [0, 0.1) is 0 Å². The zero-order valence-electron chi connectivity index (χ0n) is 14.0. The third kappa shape index (κ3) is 3.89. The molecule has 2 N–H and O–H groups in total. The van der Waals surface area contributed by atoms with E-state index in [9.17, 15) is 0 Å². The van der Waals surface area contributed by atoms with Gasteiger partial charge in [0.2, 0.25) is 0 Å². The molecule has 0 fully saturated rings. The molecule has 8 nitrogen and oxygen atoms in total. The maximum atomic E-state index is 4.59. The monoisotopic (exact) mass is 326 g/mol. The van der Waals surface area contributed by atoms with Crippen molar-refractivity contribution >= 4 is 11.6 Å². The first kappa shape index (κ1) is 16.0. The second-order valence-electron chi connectivity index (χ2n) is 5.37. The second-order valence-corrected chi connectivity index (χ2v) is 5.37. The Bertz CT molecular complexity index is 783. The lowest BCUT2D eigenvalue weighted by Gasteiger charge is -2.10. The predicted molar refractivity (Wildman–Crippen MR) is 92.7 cm³/mol. The minimum Gasteiger partial charge on any atom is -0.357 e. The van der Waals surface area contributed by atoms with Crippen molar-refractivity contribution in [3.8, 4) is 0 Å². The van der Waals surface area contributed by atoms with Crippen molar-refractivity contribution in [1.29, 1.82) is 0 Å². The summed E-state index contributed by atoms with van der Waals surface area (Å²) < 4.78 is 3.76. The van der Waals surface area contributed by atoms with Crippen LogP contribution in [0.15, 0.2) is 41.9 Å². The van der Waals surface area contributed by atoms with Crippen molar-refractivity contribution < 1.29 is 0 Å². The first-order valence-corrected chi connectivity index (χ1v) is 8.04. The molecule has 0 aliphatic carbocycles. The number of fused-ring (bicyclic) bond motifs is 1. The van der Waals surface area contributed by atoms with E-state index in [1.165, 1.54) is 6.33 Å². The Morgan fingerprint density at radius 1 is 1.29 bits per heavy atom. The highest BCUT2D eigenvalue weighted by Gasteiger charge is 2.03. The molecule has 0 bridgehead atoms. The number of nitrogens with zero attached hydrogens (tertiary/aromatic N) is 6. The number of hydrogen-bond acceptors (Lipinski definition) is 4. The van der Waals surface area contributed by atoms with Gasteiger partial charge < -0.3 is 15.0 Å². The van der Waals surface area contributed by atoms with Gasteiger partial charge in [0.1, 0.15) is 24.3 Å². The molecule has 3 aromatic heterocycles. The molecule has 0 aliphatic heterocycles. The maximum Gasteiger partial charge on any atom is 0.191 e. The summed E-state index contributed by atoms with van der Waals surface area (Å²) in [5.41, 5.74) is 2.02. The molecule has 0 radical (unpaired) electrons. The third-order valence-electron chi connectivity index (χ3n) is 3.62. The summed E-state index contributed by atoms with van der Waals surface area (Å²) in [5, 5.41) is 10.6. The Balaban J connectivity index is 1.56. The lowest BCUT2D eigenvalue weighted by molar-refractivity contribution is 0.697. The van der Waals surface area contributed by atoms with Crippen LogP contribution >= 0.6 is 0 Å². The van der Waals surface area contributed by atoms with Crippen molar-refractivity contribution in [2.75, 3.05) is 13.1 Å². The van der Waals surface area contributed by atoms with Gasteiger partial charge in [-0.05, 0) is 19.1 Å². The fourth-order valence-electron chi connectivity index (χ4n) is 2.37. The fraction of sp³-hybridized carbons (Fsp3) is 0.375. The molecule has 3 heterocycles. The molecule has 0 atom stereocenters. The van der Waals surface area contributed by atoms with Crippen LogP contribution in [0.2, 0.25) is 0 Å². The van der Waals surface area contributed by atoms with E-state index in [0.717, 1.165) is 42.6 Å². The van der Waals surface area contributed by atoms with Crippen molar-refractivity contribution in [1.82, 2.24) is 34.8 Å². The van der Waals surface area contributed by atoms with Gasteiger partial charge in [-0.2, -0.15) is 5.10 Å². The van der Waals surface area contributed by atoms with Gasteiger partial charge in [0.15, 0.2) is 5.96 Å². The molecule has 0 saturated carbocycles. The highest BCUT2D eigenvalue weighted by molar-refractivity contribution is 5.79. The van der Waals surface area contributed by atoms with Gasteiger partial charge in [0.05, 0.1) is 5.69 Å². The average molecular weight is 326 g/mol. The number of pyridine rings is 1. The molecule has 0 saturated heterocycles. The van der Waals surface area contributed by atoms with E-state index in [1.807, 2.05) is 42.8 Å². The fourth-order valence-corrected chi connectivity index (χ4v) is 2.37. The second kappa shape index (κ2) is 7.58. The molecule has 8 heteroatoms. The topological polar surface area (TPSA) is 84.4 Å². The predicted octanol–water partition coefficient (Wildman–Crippen LogP) is 0.761. The van der Waals surface area contributed by atoms with Crippen molar-refractivity contribution in [3.05, 3.63) is 48.4 Å². The molecule has 0 spiro atoms. The van der Waals surface area contributed by atoms with Gasteiger partial charge in [-0.3, -0.25) is 4.68 Å². The molecular weight excluding hydrogens is 304 g/mol. The summed E-state index contributed by atoms with van der Waals surface area (Å²) in [7, 11) is 1.86. The van der Waals surface area contributed by atoms with E-state index in [-0.39, 0.29) is 0 Å². The molecule has 24 heavy (non-hydrogen) atoms. The van der Waals surface area contributed by atoms with Gasteiger partial charge in [-0.25, -0.2) is 15.0 Å². The molecule has 0 aromatic carbocycles. The van der Waals surface area contributed by atoms with Crippen molar-refractivity contribution in [2.45, 2.75) is 19.9 Å². The zero-order chi connectivity index (χ0) is 16.8. The summed E-state index contributed by atoms with van der Waals surface area (Å²) in [4.78, 5) is 13.3. The van der Waals surface area contributed by atoms with Crippen LogP contribution in [0.25, 0.3) is 5.65 Å². The molecule has 0 amide bonds. The van der Waals surface area contributed by atoms with Crippen LogP contribution in [0.4, 0.5) is 0 Å². The Kier molecular flexibility index (Phi) is 5.05. The summed E-state index contributed by atoms with van der Waals surface area (Å²) in [6.45, 7) is 4.09. The van der Waals surface area contributed by atoms with Crippen molar-refractivity contribution in [2.24, 2.45) is 12.0 Å². The SMILES string of the molecule is CCNC(=NCc1ncnn1C)NCCc1cn2ccccc2n1. The van der Waals surface area contributed by atoms with Gasteiger partial charge in [0.25, 0.3) is 0 Å². The Hall–Kier alpha value is -2.90. The van der Waals surface area contributed by atoms with Gasteiger partial charge >= 0.3 is 0 Å². The molecule has 0 unspecified atom stereocenters. The van der Waals surface area contributed by atoms with Crippen LogP contribution in [0.3, 0.4) is 0 Å². The van der Waals surface area contributed by atoms with E-state index in [2.05, 4.69) is 36.9 Å². The van der Waals surface area contributed by atoms with E-state index < -0.39 is 0 Å². The van der Waals surface area contributed by atoms with Crippen LogP contribution in [0.5, 0.6) is 0 Å². The number of guanidine groups is 1. The lowest BCUT2D eigenvalue weighted by Crippen LogP contribution is -2.38. The standard InChI is InChI=1S/C16H22N8/c1-3-17-16(19-10-15-20-12-21-23(15)2)18-8-7-13-11-24-9-5-4-6-14(24)22-13/h4-6,9,11-12H,3,7-8,10H2,1-2H3,(H2,17,18,19). The smallest absolute Gasteiger partial charge is 0.191 e. The van der Waals surface area contributed by atoms with Gasteiger partial charge in [0, 0.05) is 39.0 Å². The number of nitrogens with one attached hydrogen (secondary N) is 2. The number of rotatable bonds is 6. The summed E-state index contributed by atoms with van der Waals surface area (Å²) in [6.07, 6.45) is 6.43. The van der Waals surface area contributed by atoms with E-state index in [0.29, 0.717) is 6.54 Å². The molecule has 3 aromatic rings. The molecule has 3 rings (SSSR count). The number of hydrogen-bond donors (Lipinski definition) is 2. The molecule has 126 valence electrons. The van der Waals surface area contributed by atoms with Gasteiger partial charge in [-0.15, -0.1) is 0 Å². The average Bonchev–Trinajstić information content (AvgIpc) is 3.18. The van der Waals surface area contributed by atoms with E-state index >= 15 is 0 Å². The van der Waals surface area contributed by atoms with E-state index in [4.69, 9.17) is 0 Å². The van der Waals surface area contributed by atoms with Crippen LogP contribution in [-0.4, -0.2) is 43.2 Å². The first-order chi connectivity index (χ1) is 11.8. The first-order valence-electron chi connectivity index (χ1n) is 8.04. The number of aryl methyl sites for hydroxylation is 1. The summed E-state index contributed by atoms with van der Waals surface area (Å²) >= 11 is 0. The highest BCUT2D eigenvalue weighted by Crippen LogP contribution is 2.04. The van der Waals surface area contributed by atoms with Gasteiger partial charge in [-0.1, -0.05) is 6.07 Å². The lowest BCUT2D eigenvalue weighted by atomic mass is 10.3. The third-order valence-corrected chi connectivity index (χ3v) is 3.62. The normalized spacial score (nSPS) is 11.8. The molecule has 0 aliphatic rings. The highest BCUT2D eigenvalue weighted by atomic mass is 15.3. The Morgan fingerprint density at radius 2 is 2.21 bits per heavy atom. The summed E-state index contributed by atoms with van der Waals surface area (Å²) in [5.74, 6) is 1.59. The number of imidazole rings is 1.